The van der Waals surface area contributed by atoms with E-state index in [-0.39, 0.29) is 12.1 Å². The fourth-order valence-electron chi connectivity index (χ4n) is 3.44. The number of nitrogens with one attached hydrogen (secondary N) is 2. The zero-order chi connectivity index (χ0) is 15.9. The van der Waals surface area contributed by atoms with Gasteiger partial charge in [-0.1, -0.05) is 6.42 Å². The molecule has 0 aromatic carbocycles. The SMILES string of the molecule is O=C(N[C@H]1CCCCNC1)N1CC[C@@H]2[C@H]1C(=O)N2S(=O)(=O)O. The topological polar surface area (TPSA) is 119 Å². The molecule has 3 aliphatic rings. The molecule has 0 spiro atoms. The van der Waals surface area contributed by atoms with Crippen LogP contribution in [0.4, 0.5) is 4.79 Å². The van der Waals surface area contributed by atoms with Crippen LogP contribution >= 0.6 is 0 Å². The lowest BCUT2D eigenvalue weighted by Gasteiger charge is -2.42. The Kier molecular flexibility index (Phi) is 4.00. The van der Waals surface area contributed by atoms with Gasteiger partial charge in [0, 0.05) is 19.1 Å². The van der Waals surface area contributed by atoms with Gasteiger partial charge < -0.3 is 15.5 Å². The highest BCUT2D eigenvalue weighted by molar-refractivity contribution is 7.84. The minimum Gasteiger partial charge on any atom is -0.334 e. The molecule has 10 heteroatoms. The van der Waals surface area contributed by atoms with Crippen molar-refractivity contribution >= 4 is 22.2 Å². The number of carbonyl (C=O) groups is 2. The number of likely N-dealkylation sites (tertiary alicyclic amines) is 1. The molecule has 3 N–H and O–H groups in total. The number of urea groups is 1. The summed E-state index contributed by atoms with van der Waals surface area (Å²) in [5.41, 5.74) is 0. The molecule has 3 heterocycles. The number of fused-ring (bicyclic) bond motifs is 1. The molecule has 0 aromatic rings. The van der Waals surface area contributed by atoms with Crippen LogP contribution in [0.1, 0.15) is 25.7 Å². The van der Waals surface area contributed by atoms with E-state index in [1.165, 1.54) is 4.90 Å². The molecule has 0 bridgehead atoms. The van der Waals surface area contributed by atoms with Crippen molar-refractivity contribution in [1.82, 2.24) is 19.8 Å². The van der Waals surface area contributed by atoms with Gasteiger partial charge in [0.1, 0.15) is 6.04 Å². The summed E-state index contributed by atoms with van der Waals surface area (Å²) in [6.45, 7) is 1.93. The Morgan fingerprint density at radius 1 is 1.32 bits per heavy atom. The van der Waals surface area contributed by atoms with E-state index in [4.69, 9.17) is 4.55 Å². The first-order valence-corrected chi connectivity index (χ1v) is 8.88. The molecule has 3 fully saturated rings. The zero-order valence-corrected chi connectivity index (χ0v) is 12.9. The van der Waals surface area contributed by atoms with Crippen LogP contribution in [0, 0.1) is 0 Å². The minimum absolute atomic E-state index is 0.0157. The normalized spacial score (nSPS) is 32.2. The van der Waals surface area contributed by atoms with Crippen molar-refractivity contribution < 1.29 is 22.6 Å². The zero-order valence-electron chi connectivity index (χ0n) is 12.1. The molecule has 0 aromatic heterocycles. The second kappa shape index (κ2) is 5.67. The number of carbonyl (C=O) groups excluding carboxylic acids is 2. The number of hydrogen-bond donors (Lipinski definition) is 3. The van der Waals surface area contributed by atoms with E-state index in [0.29, 0.717) is 23.8 Å². The summed E-state index contributed by atoms with van der Waals surface area (Å²) >= 11 is 0. The smallest absolute Gasteiger partial charge is 0.334 e. The second-order valence-corrected chi connectivity index (χ2v) is 7.24. The Balaban J connectivity index is 1.62. The highest BCUT2D eigenvalue weighted by Gasteiger charge is 2.60. The number of rotatable bonds is 2. The number of β-lactam (4-membered cyclic amide) rings is 1. The maximum atomic E-state index is 12.3. The largest absolute Gasteiger partial charge is 0.362 e. The Labute approximate surface area is 128 Å². The van der Waals surface area contributed by atoms with Crippen LogP contribution < -0.4 is 10.6 Å². The Morgan fingerprint density at radius 2 is 2.09 bits per heavy atom. The van der Waals surface area contributed by atoms with Crippen molar-refractivity contribution in [1.29, 1.82) is 0 Å². The van der Waals surface area contributed by atoms with Gasteiger partial charge in [0.15, 0.2) is 0 Å². The first-order chi connectivity index (χ1) is 10.4. The molecule has 3 aliphatic heterocycles. The van der Waals surface area contributed by atoms with Crippen molar-refractivity contribution in [3.8, 4) is 0 Å². The van der Waals surface area contributed by atoms with Crippen molar-refractivity contribution in [3.63, 3.8) is 0 Å². The second-order valence-electron chi connectivity index (χ2n) is 5.95. The van der Waals surface area contributed by atoms with Gasteiger partial charge in [-0.25, -0.2) is 9.10 Å². The van der Waals surface area contributed by atoms with Gasteiger partial charge in [0.05, 0.1) is 6.04 Å². The van der Waals surface area contributed by atoms with E-state index in [9.17, 15) is 18.0 Å². The molecule has 3 atom stereocenters. The van der Waals surface area contributed by atoms with Crippen molar-refractivity contribution in [2.24, 2.45) is 0 Å². The van der Waals surface area contributed by atoms with Gasteiger partial charge in [-0.3, -0.25) is 9.35 Å². The summed E-state index contributed by atoms with van der Waals surface area (Å²) in [4.78, 5) is 25.6. The van der Waals surface area contributed by atoms with Crippen LogP contribution in [-0.2, 0) is 15.1 Å². The fraction of sp³-hybridized carbons (Fsp3) is 0.833. The minimum atomic E-state index is -4.54. The molecule has 0 radical (unpaired) electrons. The van der Waals surface area contributed by atoms with Crippen LogP contribution in [0.15, 0.2) is 0 Å². The van der Waals surface area contributed by atoms with E-state index in [2.05, 4.69) is 10.6 Å². The molecule has 124 valence electrons. The number of hydrogen-bond acceptors (Lipinski definition) is 5. The predicted molar refractivity (Wildman–Crippen MR) is 76.3 cm³/mol. The lowest BCUT2D eigenvalue weighted by atomic mass is 10.0. The molecular formula is C12H20N4O5S. The highest BCUT2D eigenvalue weighted by Crippen LogP contribution is 2.35. The Hall–Kier alpha value is -1.39. The third-order valence-electron chi connectivity index (χ3n) is 4.52. The highest BCUT2D eigenvalue weighted by atomic mass is 32.2. The van der Waals surface area contributed by atoms with E-state index in [1.807, 2.05) is 0 Å². The van der Waals surface area contributed by atoms with Crippen molar-refractivity contribution in [3.05, 3.63) is 0 Å². The van der Waals surface area contributed by atoms with E-state index >= 15 is 0 Å². The molecule has 3 saturated heterocycles. The first-order valence-electron chi connectivity index (χ1n) is 7.48. The molecule has 3 rings (SSSR count). The van der Waals surface area contributed by atoms with Crippen molar-refractivity contribution in [2.75, 3.05) is 19.6 Å². The maximum absolute atomic E-state index is 12.3. The Morgan fingerprint density at radius 3 is 2.82 bits per heavy atom. The fourth-order valence-corrected chi connectivity index (χ4v) is 4.34. The number of nitrogens with zero attached hydrogens (tertiary/aromatic N) is 2. The van der Waals surface area contributed by atoms with Crippen LogP contribution in [0.25, 0.3) is 0 Å². The van der Waals surface area contributed by atoms with Gasteiger partial charge in [0.25, 0.3) is 5.91 Å². The van der Waals surface area contributed by atoms with Gasteiger partial charge in [0.2, 0.25) is 0 Å². The van der Waals surface area contributed by atoms with Crippen LogP contribution in [-0.4, -0.2) is 71.9 Å². The van der Waals surface area contributed by atoms with E-state index in [0.717, 1.165) is 25.8 Å². The lowest BCUT2D eigenvalue weighted by molar-refractivity contribution is -0.143. The van der Waals surface area contributed by atoms with E-state index < -0.39 is 28.3 Å². The predicted octanol–water partition coefficient (Wildman–Crippen LogP) is -1.07. The quantitative estimate of drug-likeness (QED) is 0.437. The summed E-state index contributed by atoms with van der Waals surface area (Å²) in [5, 5.41) is 6.14. The van der Waals surface area contributed by atoms with Gasteiger partial charge in [-0.15, -0.1) is 0 Å². The van der Waals surface area contributed by atoms with Crippen molar-refractivity contribution in [2.45, 2.75) is 43.8 Å². The summed E-state index contributed by atoms with van der Waals surface area (Å²) in [6, 6.07) is -1.74. The first kappa shape index (κ1) is 15.5. The summed E-state index contributed by atoms with van der Waals surface area (Å²) < 4.78 is 31.8. The van der Waals surface area contributed by atoms with E-state index in [1.54, 1.807) is 0 Å². The van der Waals surface area contributed by atoms with Gasteiger partial charge in [-0.05, 0) is 25.8 Å². The molecular weight excluding hydrogens is 312 g/mol. The Bertz CT molecular complexity index is 572. The van der Waals surface area contributed by atoms with Crippen LogP contribution in [0.3, 0.4) is 0 Å². The number of amides is 3. The van der Waals surface area contributed by atoms with Gasteiger partial charge in [-0.2, -0.15) is 8.42 Å². The maximum Gasteiger partial charge on any atom is 0.362 e. The average Bonchev–Trinajstić information content (AvgIpc) is 2.60. The standard InChI is InChI=1S/C12H20N4O5S/c17-11-10-9(16(11)22(19,20)21)4-6-15(10)12(18)14-8-3-1-2-5-13-7-8/h8-10,13H,1-7H2,(H,14,18)(H,19,20,21)/t8-,9+,10-/m0/s1. The summed E-state index contributed by atoms with van der Waals surface area (Å²) in [6.07, 6.45) is 3.33. The summed E-state index contributed by atoms with van der Waals surface area (Å²) in [5.74, 6) is -0.737. The molecule has 3 amide bonds. The third kappa shape index (κ3) is 2.66. The average molecular weight is 332 g/mol. The summed E-state index contributed by atoms with van der Waals surface area (Å²) in [7, 11) is -4.54. The molecule has 22 heavy (non-hydrogen) atoms. The van der Waals surface area contributed by atoms with Crippen LogP contribution in [0.2, 0.25) is 0 Å². The lowest BCUT2D eigenvalue weighted by Crippen LogP contribution is -2.69. The monoisotopic (exact) mass is 332 g/mol. The van der Waals surface area contributed by atoms with Crippen LogP contribution in [0.5, 0.6) is 0 Å². The molecule has 0 aliphatic carbocycles. The molecule has 0 unspecified atom stereocenters. The molecule has 0 saturated carbocycles. The third-order valence-corrected chi connectivity index (χ3v) is 5.47. The van der Waals surface area contributed by atoms with Gasteiger partial charge >= 0.3 is 16.3 Å². The molecule has 9 nitrogen and oxygen atoms in total.